The number of ether oxygens (including phenoxy) is 5. The number of aliphatic hydroxyl groups is 5. The van der Waals surface area contributed by atoms with E-state index in [1.54, 1.807) is 39.0 Å². The van der Waals surface area contributed by atoms with Gasteiger partial charge in [0.2, 0.25) is 0 Å². The molecule has 2 aromatic carbocycles. The van der Waals surface area contributed by atoms with Crippen LogP contribution in [0.1, 0.15) is 95.8 Å². The van der Waals surface area contributed by atoms with Crippen LogP contribution < -0.4 is 5.32 Å². The Labute approximate surface area is 347 Å². The highest BCUT2D eigenvalue weighted by molar-refractivity contribution is 5.94. The molecule has 11 atom stereocenters. The van der Waals surface area contributed by atoms with Gasteiger partial charge in [-0.1, -0.05) is 56.3 Å². The molecule has 3 aliphatic carbocycles. The number of carbonyl (C=O) groups excluding carboxylic acids is 5. The van der Waals surface area contributed by atoms with Crippen LogP contribution in [0.15, 0.2) is 65.7 Å². The average Bonchev–Trinajstić information content (AvgIpc) is 3.17. The number of nitrogens with one attached hydrogen (secondary N) is 1. The number of esters is 3. The largest absolute Gasteiger partial charge is 0.456 e. The van der Waals surface area contributed by atoms with E-state index in [1.807, 2.05) is 0 Å². The average molecular weight is 838 g/mol. The highest BCUT2D eigenvalue weighted by Crippen LogP contribution is 2.64. The monoisotopic (exact) mass is 837 g/mol. The van der Waals surface area contributed by atoms with Gasteiger partial charge in [0.25, 0.3) is 0 Å². The summed E-state index contributed by atoms with van der Waals surface area (Å²) < 4.78 is 29.5. The molecular weight excluding hydrogens is 782 g/mol. The second-order valence-electron chi connectivity index (χ2n) is 18.1. The van der Waals surface area contributed by atoms with E-state index < -0.39 is 112 Å². The number of hydrogen-bond acceptors (Lipinski definition) is 15. The van der Waals surface area contributed by atoms with Crippen LogP contribution in [0.4, 0.5) is 4.79 Å². The van der Waals surface area contributed by atoms with Gasteiger partial charge in [0.15, 0.2) is 17.5 Å². The molecule has 3 fully saturated rings. The Morgan fingerprint density at radius 1 is 0.983 bits per heavy atom. The summed E-state index contributed by atoms with van der Waals surface area (Å²) in [4.78, 5) is 69.2. The van der Waals surface area contributed by atoms with Crippen molar-refractivity contribution in [2.45, 2.75) is 134 Å². The minimum Gasteiger partial charge on any atom is -0.456 e. The Morgan fingerprint density at radius 2 is 1.62 bits per heavy atom. The van der Waals surface area contributed by atoms with Crippen molar-refractivity contribution in [2.75, 3.05) is 6.61 Å². The van der Waals surface area contributed by atoms with Gasteiger partial charge < -0.3 is 54.5 Å². The number of carbonyl (C=O) groups is 5. The van der Waals surface area contributed by atoms with Crippen LogP contribution in [0.25, 0.3) is 0 Å². The standard InChI is InChI=1S/C44H55NO15/c1-22-27(57-38(53)33(50)31(45-39(54)60-40(3,4)5)25-16-14-24(20-46)15-17-25)19-44(55)36(58-37(52)26-12-10-9-11-13-26)34-42(8,35(51)32(49)30(22)41(44,6)7)28(48)18-29-43(34,21-56-29)59-23(2)47/h9-17,27-29,31-34,36,46,48-50,55H,18-21H2,1-8H3,(H,45,54)/t27-,28-,29+,31-,32+,33+,34-,36-,42+,43-,44+/m0/s1. The predicted molar refractivity (Wildman–Crippen MR) is 210 cm³/mol. The zero-order valence-electron chi connectivity index (χ0n) is 35.0. The molecule has 4 aliphatic rings. The Morgan fingerprint density at radius 3 is 2.17 bits per heavy atom. The molecule has 326 valence electrons. The van der Waals surface area contributed by atoms with E-state index in [9.17, 15) is 49.5 Å². The first-order chi connectivity index (χ1) is 27.9. The molecule has 2 bridgehead atoms. The molecule has 2 aromatic rings. The number of hydrogen-bond donors (Lipinski definition) is 6. The van der Waals surface area contributed by atoms with Crippen molar-refractivity contribution in [3.8, 4) is 0 Å². The van der Waals surface area contributed by atoms with E-state index in [2.05, 4.69) is 5.32 Å². The minimum absolute atomic E-state index is 0.0674. The molecule has 1 heterocycles. The van der Waals surface area contributed by atoms with E-state index in [0.717, 1.165) is 6.92 Å². The Balaban J connectivity index is 1.48. The number of benzene rings is 2. The number of fused-ring (bicyclic) bond motifs is 5. The topological polar surface area (TPSA) is 245 Å². The first kappa shape index (κ1) is 44.8. The van der Waals surface area contributed by atoms with Crippen molar-refractivity contribution in [2.24, 2.45) is 16.7 Å². The third-order valence-corrected chi connectivity index (χ3v) is 12.9. The van der Waals surface area contributed by atoms with Gasteiger partial charge in [-0.2, -0.15) is 0 Å². The molecule has 0 radical (unpaired) electrons. The van der Waals surface area contributed by atoms with Crippen LogP contribution in [0.5, 0.6) is 0 Å². The Hall–Kier alpha value is -4.71. The summed E-state index contributed by atoms with van der Waals surface area (Å²) in [5.41, 5.74) is -7.90. The van der Waals surface area contributed by atoms with Crippen molar-refractivity contribution in [3.05, 3.63) is 82.4 Å². The molecule has 1 saturated heterocycles. The first-order valence-electron chi connectivity index (χ1n) is 19.9. The smallest absolute Gasteiger partial charge is 0.408 e. The van der Waals surface area contributed by atoms with E-state index in [1.165, 1.54) is 64.1 Å². The SMILES string of the molecule is CC(=O)O[C@@]12CO[C@@H]1C[C@H](O)[C@@]1(C)C(=O)[C@H](O)C3=C(C)[C@@H](OC(=O)[C@H](O)[C@@H](NC(=O)OC(C)(C)C)c4ccc(CO)cc4)C[C@@](O)([C@@H](OC(=O)c4ccccc4)[C@H]21)C3(C)C. The zero-order valence-corrected chi connectivity index (χ0v) is 35.0. The maximum Gasteiger partial charge on any atom is 0.408 e. The highest BCUT2D eigenvalue weighted by atomic mass is 16.6. The van der Waals surface area contributed by atoms with E-state index >= 15 is 0 Å². The fourth-order valence-electron chi connectivity index (χ4n) is 9.73. The lowest BCUT2D eigenvalue weighted by Crippen LogP contribution is -2.81. The normalized spacial score (nSPS) is 33.0. The maximum absolute atomic E-state index is 15.0. The van der Waals surface area contributed by atoms with Gasteiger partial charge in [0.05, 0.1) is 42.3 Å². The lowest BCUT2D eigenvalue weighted by Gasteiger charge is -2.67. The van der Waals surface area contributed by atoms with Crippen LogP contribution in [-0.4, -0.2) is 115 Å². The molecule has 16 heteroatoms. The molecule has 16 nitrogen and oxygen atoms in total. The number of alkyl carbamates (subject to hydrolysis) is 1. The van der Waals surface area contributed by atoms with Gasteiger partial charge >= 0.3 is 24.0 Å². The number of amides is 1. The molecule has 6 rings (SSSR count). The lowest BCUT2D eigenvalue weighted by atomic mass is 9.44. The minimum atomic E-state index is -2.38. The fourth-order valence-corrected chi connectivity index (χ4v) is 9.73. The number of rotatable bonds is 9. The van der Waals surface area contributed by atoms with Crippen LogP contribution in [0, 0.1) is 16.7 Å². The summed E-state index contributed by atoms with van der Waals surface area (Å²) >= 11 is 0. The van der Waals surface area contributed by atoms with Crippen molar-refractivity contribution in [1.82, 2.24) is 5.32 Å². The summed E-state index contributed by atoms with van der Waals surface area (Å²) in [6, 6.07) is 12.4. The second kappa shape index (κ2) is 16.0. The molecule has 6 N–H and O–H groups in total. The van der Waals surface area contributed by atoms with Gasteiger partial charge in [-0.25, -0.2) is 14.4 Å². The van der Waals surface area contributed by atoms with Gasteiger partial charge in [-0.05, 0) is 69.0 Å². The van der Waals surface area contributed by atoms with Crippen LogP contribution in [0.2, 0.25) is 0 Å². The van der Waals surface area contributed by atoms with Crippen molar-refractivity contribution >= 4 is 29.8 Å². The van der Waals surface area contributed by atoms with Crippen LogP contribution >= 0.6 is 0 Å². The second-order valence-corrected chi connectivity index (χ2v) is 18.1. The summed E-state index contributed by atoms with van der Waals surface area (Å²) in [5, 5.41) is 61.3. The Bertz CT molecular complexity index is 2040. The molecule has 60 heavy (non-hydrogen) atoms. The maximum atomic E-state index is 15.0. The van der Waals surface area contributed by atoms with Gasteiger partial charge in [0.1, 0.15) is 35.6 Å². The molecule has 1 aliphatic heterocycles. The van der Waals surface area contributed by atoms with E-state index in [0.29, 0.717) is 5.56 Å². The molecule has 1 amide bonds. The third kappa shape index (κ3) is 7.51. The third-order valence-electron chi connectivity index (χ3n) is 12.9. The summed E-state index contributed by atoms with van der Waals surface area (Å²) in [5.74, 6) is -5.47. The van der Waals surface area contributed by atoms with E-state index in [-0.39, 0.29) is 41.9 Å². The van der Waals surface area contributed by atoms with Crippen molar-refractivity contribution < 1.29 is 73.2 Å². The molecule has 0 aromatic heterocycles. The molecular formula is C44H55NO15. The first-order valence-corrected chi connectivity index (χ1v) is 19.9. The summed E-state index contributed by atoms with van der Waals surface area (Å²) in [7, 11) is 0. The predicted octanol–water partition coefficient (Wildman–Crippen LogP) is 2.75. The molecule has 0 spiro atoms. The summed E-state index contributed by atoms with van der Waals surface area (Å²) in [6.45, 7) is 11.4. The quantitative estimate of drug-likeness (QED) is 0.121. The van der Waals surface area contributed by atoms with Crippen molar-refractivity contribution in [3.63, 3.8) is 0 Å². The van der Waals surface area contributed by atoms with Gasteiger partial charge in [-0.15, -0.1) is 0 Å². The fraction of sp³-hybridized carbons (Fsp3) is 0.568. The Kier molecular flexibility index (Phi) is 11.9. The number of ketones is 1. The van der Waals surface area contributed by atoms with E-state index in [4.69, 9.17) is 23.7 Å². The number of aliphatic hydroxyl groups excluding tert-OH is 4. The van der Waals surface area contributed by atoms with Crippen LogP contribution in [-0.2, 0) is 44.7 Å². The zero-order chi connectivity index (χ0) is 44.3. The lowest BCUT2D eigenvalue weighted by molar-refractivity contribution is -0.346. The van der Waals surface area contributed by atoms with Crippen molar-refractivity contribution in [1.29, 1.82) is 0 Å². The summed E-state index contributed by atoms with van der Waals surface area (Å²) in [6.07, 6.45) is -11.7. The number of Topliss-reactive ketones (excluding diaryl/α,β-unsaturated/α-hetero) is 1. The molecule has 0 unspecified atom stereocenters. The highest BCUT2D eigenvalue weighted by Gasteiger charge is 2.78. The molecule has 2 saturated carbocycles. The van der Waals surface area contributed by atoms with Crippen LogP contribution in [0.3, 0.4) is 0 Å². The van der Waals surface area contributed by atoms with Gasteiger partial charge in [0, 0.05) is 25.2 Å². The van der Waals surface area contributed by atoms with Gasteiger partial charge in [-0.3, -0.25) is 9.59 Å².